The van der Waals surface area contributed by atoms with Crippen LogP contribution in [0.2, 0.25) is 0 Å². The van der Waals surface area contributed by atoms with Crippen molar-refractivity contribution in [2.45, 2.75) is 62.7 Å². The quantitative estimate of drug-likeness (QED) is 0.623. The van der Waals surface area contributed by atoms with Crippen LogP contribution in [0.5, 0.6) is 0 Å². The molecule has 1 aromatic carbocycles. The summed E-state index contributed by atoms with van der Waals surface area (Å²) in [4.78, 5) is 30.1. The van der Waals surface area contributed by atoms with Gasteiger partial charge in [-0.1, -0.05) is 36.7 Å². The summed E-state index contributed by atoms with van der Waals surface area (Å²) in [6.45, 7) is 2.07. The van der Waals surface area contributed by atoms with Gasteiger partial charge in [0, 0.05) is 12.1 Å². The fraction of sp³-hybridized carbons (Fsp3) is 0.550. The Morgan fingerprint density at radius 3 is 2.73 bits per heavy atom. The summed E-state index contributed by atoms with van der Waals surface area (Å²) in [7, 11) is 0. The lowest BCUT2D eigenvalue weighted by Gasteiger charge is -2.19. The highest BCUT2D eigenvalue weighted by Gasteiger charge is 2.29. The molecule has 2 aliphatic carbocycles. The molecule has 0 radical (unpaired) electrons. The zero-order valence-corrected chi connectivity index (χ0v) is 15.9. The Hall–Kier alpha value is -1.82. The molecule has 0 aliphatic heterocycles. The smallest absolute Gasteiger partial charge is 0.262 e. The number of aromatic nitrogens is 2. The van der Waals surface area contributed by atoms with Crippen LogP contribution in [0.3, 0.4) is 0 Å². The van der Waals surface area contributed by atoms with Crippen LogP contribution in [0, 0.1) is 5.92 Å². The van der Waals surface area contributed by atoms with Gasteiger partial charge in [0.1, 0.15) is 0 Å². The van der Waals surface area contributed by atoms with Gasteiger partial charge < -0.3 is 5.32 Å². The predicted octanol–water partition coefficient (Wildman–Crippen LogP) is 3.52. The van der Waals surface area contributed by atoms with E-state index in [9.17, 15) is 9.59 Å². The zero-order valence-electron chi connectivity index (χ0n) is 15.1. The van der Waals surface area contributed by atoms with E-state index in [1.165, 1.54) is 24.6 Å². The molecular formula is C20H25N3O2S. The van der Waals surface area contributed by atoms with Crippen LogP contribution in [0.4, 0.5) is 0 Å². The Morgan fingerprint density at radius 2 is 2.00 bits per heavy atom. The molecule has 1 N–H and O–H groups in total. The van der Waals surface area contributed by atoms with Gasteiger partial charge in [0.15, 0.2) is 5.16 Å². The third kappa shape index (κ3) is 3.65. The highest BCUT2D eigenvalue weighted by molar-refractivity contribution is 7.99. The number of carbonyl (C=O) groups is 1. The topological polar surface area (TPSA) is 64.0 Å². The number of rotatable bonds is 6. The van der Waals surface area contributed by atoms with E-state index in [4.69, 9.17) is 4.98 Å². The van der Waals surface area contributed by atoms with E-state index >= 15 is 0 Å². The molecule has 1 atom stereocenters. The van der Waals surface area contributed by atoms with Gasteiger partial charge in [-0.15, -0.1) is 0 Å². The summed E-state index contributed by atoms with van der Waals surface area (Å²) >= 11 is 1.38. The maximum atomic E-state index is 13.1. The molecule has 1 aromatic heterocycles. The molecule has 4 rings (SSSR count). The number of nitrogens with one attached hydrogen (secondary N) is 1. The van der Waals surface area contributed by atoms with E-state index in [1.54, 1.807) is 0 Å². The second-order valence-corrected chi connectivity index (χ2v) is 8.45. The van der Waals surface area contributed by atoms with Crippen molar-refractivity contribution < 1.29 is 4.79 Å². The van der Waals surface area contributed by atoms with Crippen LogP contribution in [0.15, 0.2) is 34.2 Å². The first-order valence-electron chi connectivity index (χ1n) is 9.57. The van der Waals surface area contributed by atoms with Crippen LogP contribution in [-0.4, -0.2) is 27.3 Å². The first-order valence-corrected chi connectivity index (χ1v) is 10.6. The van der Waals surface area contributed by atoms with Crippen LogP contribution < -0.4 is 10.9 Å². The molecule has 0 spiro atoms. The summed E-state index contributed by atoms with van der Waals surface area (Å²) in [6, 6.07) is 7.93. The molecule has 0 saturated heterocycles. The molecule has 6 heteroatoms. The van der Waals surface area contributed by atoms with E-state index in [-0.39, 0.29) is 23.6 Å². The monoisotopic (exact) mass is 371 g/mol. The van der Waals surface area contributed by atoms with Crippen LogP contribution >= 0.6 is 11.8 Å². The Morgan fingerprint density at radius 1 is 1.27 bits per heavy atom. The van der Waals surface area contributed by atoms with Gasteiger partial charge in [0.25, 0.3) is 5.56 Å². The number of fused-ring (bicyclic) bond motifs is 1. The second-order valence-electron chi connectivity index (χ2n) is 7.51. The number of nitrogens with zero attached hydrogens (tertiary/aromatic N) is 2. The number of carbonyl (C=O) groups excluding carboxylic acids is 1. The Kier molecular flexibility index (Phi) is 5.02. The van der Waals surface area contributed by atoms with E-state index in [2.05, 4.69) is 12.2 Å². The van der Waals surface area contributed by atoms with Crippen molar-refractivity contribution in [2.24, 2.45) is 5.92 Å². The van der Waals surface area contributed by atoms with Crippen molar-refractivity contribution in [1.29, 1.82) is 0 Å². The molecule has 2 aliphatic rings. The number of benzene rings is 1. The lowest BCUT2D eigenvalue weighted by molar-refractivity contribution is -0.119. The van der Waals surface area contributed by atoms with Gasteiger partial charge in [-0.05, 0) is 50.7 Å². The number of amides is 1. The number of para-hydroxylation sites is 1. The molecule has 26 heavy (non-hydrogen) atoms. The van der Waals surface area contributed by atoms with Crippen molar-refractivity contribution in [2.75, 3.05) is 5.75 Å². The fourth-order valence-electron chi connectivity index (χ4n) is 3.85. The van der Waals surface area contributed by atoms with Gasteiger partial charge in [-0.2, -0.15) is 0 Å². The van der Waals surface area contributed by atoms with Crippen LogP contribution in [0.1, 0.15) is 51.5 Å². The maximum Gasteiger partial charge on any atom is 0.262 e. The Balaban J connectivity index is 1.59. The molecule has 1 heterocycles. The first kappa shape index (κ1) is 17.6. The summed E-state index contributed by atoms with van der Waals surface area (Å²) < 4.78 is 1.84. The van der Waals surface area contributed by atoms with Gasteiger partial charge >= 0.3 is 0 Å². The van der Waals surface area contributed by atoms with Gasteiger partial charge in [-0.25, -0.2) is 4.98 Å². The van der Waals surface area contributed by atoms with E-state index in [0.717, 1.165) is 25.7 Å². The zero-order chi connectivity index (χ0) is 18.1. The summed E-state index contributed by atoms with van der Waals surface area (Å²) in [6.07, 6.45) is 6.74. The van der Waals surface area contributed by atoms with E-state index in [0.29, 0.717) is 27.7 Å². The lowest BCUT2D eigenvalue weighted by Crippen LogP contribution is -2.35. The first-order chi connectivity index (χ1) is 12.6. The fourth-order valence-corrected chi connectivity index (χ4v) is 4.73. The molecule has 138 valence electrons. The lowest BCUT2D eigenvalue weighted by atomic mass is 10.2. The second kappa shape index (κ2) is 7.43. The maximum absolute atomic E-state index is 13.1. The highest BCUT2D eigenvalue weighted by atomic mass is 32.2. The van der Waals surface area contributed by atoms with Crippen LogP contribution in [0.25, 0.3) is 10.9 Å². The molecule has 2 saturated carbocycles. The van der Waals surface area contributed by atoms with Crippen molar-refractivity contribution in [3.63, 3.8) is 0 Å². The molecule has 5 nitrogen and oxygen atoms in total. The standard InChI is InChI=1S/C20H25N3O2S/c1-13(14-10-11-14)21-18(24)12-26-20-22-17-9-5-4-8-16(17)19(25)23(20)15-6-2-3-7-15/h4-5,8-9,13-15H,2-3,6-7,10-12H2,1H3,(H,21,24)/t13-/m0/s1. The van der Waals surface area contributed by atoms with Crippen molar-refractivity contribution in [1.82, 2.24) is 14.9 Å². The summed E-state index contributed by atoms with van der Waals surface area (Å²) in [5.74, 6) is 0.961. The van der Waals surface area contributed by atoms with E-state index in [1.807, 2.05) is 28.8 Å². The average molecular weight is 372 g/mol. The van der Waals surface area contributed by atoms with Crippen LogP contribution in [-0.2, 0) is 4.79 Å². The number of thioether (sulfide) groups is 1. The minimum atomic E-state index is 0.0229. The predicted molar refractivity (Wildman–Crippen MR) is 105 cm³/mol. The molecule has 2 fully saturated rings. The third-order valence-electron chi connectivity index (χ3n) is 5.52. The summed E-state index contributed by atoms with van der Waals surface area (Å²) in [5, 5.41) is 4.42. The Bertz CT molecular complexity index is 869. The summed E-state index contributed by atoms with van der Waals surface area (Å²) in [5.41, 5.74) is 0.734. The van der Waals surface area contributed by atoms with E-state index < -0.39 is 0 Å². The number of hydrogen-bond donors (Lipinski definition) is 1. The molecule has 0 unspecified atom stereocenters. The average Bonchev–Trinajstić information content (AvgIpc) is 3.36. The van der Waals surface area contributed by atoms with Gasteiger partial charge in [0.2, 0.25) is 5.91 Å². The molecule has 2 aromatic rings. The SMILES string of the molecule is C[C@H](NC(=O)CSc1nc2ccccc2c(=O)n1C1CCCC1)C1CC1. The van der Waals surface area contributed by atoms with Gasteiger partial charge in [0.05, 0.1) is 16.7 Å². The molecule has 0 bridgehead atoms. The van der Waals surface area contributed by atoms with Crippen molar-refractivity contribution >= 4 is 28.6 Å². The van der Waals surface area contributed by atoms with Crippen molar-refractivity contribution in [3.05, 3.63) is 34.6 Å². The minimum absolute atomic E-state index is 0.0229. The Labute approximate surface area is 157 Å². The molecular weight excluding hydrogens is 346 g/mol. The van der Waals surface area contributed by atoms with Crippen molar-refractivity contribution in [3.8, 4) is 0 Å². The molecule has 1 amide bonds. The normalized spacial score (nSPS) is 19.0. The van der Waals surface area contributed by atoms with Gasteiger partial charge in [-0.3, -0.25) is 14.2 Å². The largest absolute Gasteiger partial charge is 0.353 e. The number of hydrogen-bond acceptors (Lipinski definition) is 4. The minimum Gasteiger partial charge on any atom is -0.353 e. The highest BCUT2D eigenvalue weighted by Crippen LogP contribution is 2.33. The third-order valence-corrected chi connectivity index (χ3v) is 6.47.